The van der Waals surface area contributed by atoms with E-state index in [1.807, 2.05) is 0 Å². The predicted octanol–water partition coefficient (Wildman–Crippen LogP) is -1.84. The fourth-order valence-electron chi connectivity index (χ4n) is 0.982. The van der Waals surface area contributed by atoms with Crippen molar-refractivity contribution in [2.24, 2.45) is 0 Å². The largest absolute Gasteiger partial charge is 1.00 e. The molecule has 0 spiro atoms. The summed E-state index contributed by atoms with van der Waals surface area (Å²) in [6.07, 6.45) is -26.0. The monoisotopic (exact) mass is 508 g/mol. The zero-order valence-electron chi connectivity index (χ0n) is 13.3. The molecule has 0 rings (SSSR count). The molecule has 0 saturated carbocycles. The molecule has 0 N–H and O–H groups in total. The predicted molar refractivity (Wildman–Crippen MR) is 66.0 cm³/mol. The third-order valence-electron chi connectivity index (χ3n) is 1.86. The van der Waals surface area contributed by atoms with Gasteiger partial charge in [-0.3, -0.25) is 0 Å². The number of rotatable bonds is 12. The van der Waals surface area contributed by atoms with Crippen LogP contribution in [0.3, 0.4) is 0 Å². The Balaban J connectivity index is 0. The number of hydrogen-bond acceptors (Lipinski definition) is 9. The van der Waals surface area contributed by atoms with Crippen molar-refractivity contribution in [3.8, 4) is 0 Å². The number of hydrogen-bond donors (Lipinski definition) is 0. The van der Waals surface area contributed by atoms with Gasteiger partial charge >= 0.3 is 18.9 Å². The average Bonchev–Trinajstić information content (AvgIpc) is 2.43. The molecule has 0 bridgehead atoms. The van der Waals surface area contributed by atoms with Gasteiger partial charge in [0.25, 0.3) is 38.3 Å². The van der Waals surface area contributed by atoms with E-state index in [0.717, 1.165) is 0 Å². The van der Waals surface area contributed by atoms with Gasteiger partial charge < -0.3 is 0 Å². The first-order valence-electron chi connectivity index (χ1n) is 5.78. The molecule has 9 nitrogen and oxygen atoms in total. The first-order valence-corrected chi connectivity index (χ1v) is 10.0. The van der Waals surface area contributed by atoms with E-state index < -0.39 is 72.6 Å². The van der Waals surface area contributed by atoms with Gasteiger partial charge in [-0.05, 0) is 0 Å². The van der Waals surface area contributed by atoms with Gasteiger partial charge in [-0.2, -0.15) is 0 Å². The molecule has 29 heavy (non-hydrogen) atoms. The molecule has 0 radical (unpaired) electrons. The van der Waals surface area contributed by atoms with Crippen LogP contribution in [0.25, 0.3) is 0 Å². The molecule has 170 valence electrons. The SMILES string of the molecule is O=S(=O)(OC(F)C(F)F)[C-](S(=O)(=O)OC(F)C(F)F)S(=O)(=O)OC(F)C(F)F.[Li+]. The van der Waals surface area contributed by atoms with E-state index in [4.69, 9.17) is 0 Å². The van der Waals surface area contributed by atoms with E-state index in [9.17, 15) is 64.8 Å². The van der Waals surface area contributed by atoms with Crippen molar-refractivity contribution in [1.29, 1.82) is 0 Å². The maximum absolute atomic E-state index is 12.7. The third-order valence-corrected chi connectivity index (χ3v) is 8.07. The quantitative estimate of drug-likeness (QED) is 0.129. The van der Waals surface area contributed by atoms with E-state index in [1.165, 1.54) is 0 Å². The molecule has 22 heteroatoms. The second-order valence-electron chi connectivity index (χ2n) is 3.96. The summed E-state index contributed by atoms with van der Waals surface area (Å²) in [7, 11) is -20.7. The zero-order valence-corrected chi connectivity index (χ0v) is 15.7. The first kappa shape index (κ1) is 30.9. The Hall–Kier alpha value is -0.303. The Morgan fingerprint density at radius 1 is 0.483 bits per heavy atom. The molecule has 0 amide bonds. The number of alkyl halides is 9. The van der Waals surface area contributed by atoms with Gasteiger partial charge in [-0.25, -0.2) is 77.3 Å². The summed E-state index contributed by atoms with van der Waals surface area (Å²) < 4.78 is 184. The first-order chi connectivity index (χ1) is 12.3. The molecule has 0 aliphatic carbocycles. The second kappa shape index (κ2) is 11.4. The van der Waals surface area contributed by atoms with Crippen LogP contribution in [0.15, 0.2) is 0 Å². The molecule has 0 aliphatic heterocycles. The molecule has 0 aromatic carbocycles. The van der Waals surface area contributed by atoms with E-state index in [1.54, 1.807) is 0 Å². The van der Waals surface area contributed by atoms with Gasteiger partial charge in [-0.1, -0.05) is 0 Å². The van der Waals surface area contributed by atoms with Crippen LogP contribution < -0.4 is 18.9 Å². The van der Waals surface area contributed by atoms with E-state index in [-0.39, 0.29) is 18.9 Å². The average molecular weight is 508 g/mol. The molecule has 3 atom stereocenters. The molecule has 0 heterocycles. The zero-order chi connectivity index (χ0) is 22.7. The van der Waals surface area contributed by atoms with Gasteiger partial charge in [0.1, 0.15) is 3.91 Å². The van der Waals surface area contributed by atoms with Crippen molar-refractivity contribution in [3.05, 3.63) is 3.91 Å². The third kappa shape index (κ3) is 9.15. The smallest absolute Gasteiger partial charge is 0.249 e. The Bertz CT molecular complexity index is 709. The van der Waals surface area contributed by atoms with Crippen molar-refractivity contribution in [2.75, 3.05) is 0 Å². The van der Waals surface area contributed by atoms with Crippen molar-refractivity contribution in [1.82, 2.24) is 0 Å². The fourth-order valence-corrected chi connectivity index (χ4v) is 5.90. The Labute approximate surface area is 169 Å². The molecule has 0 aromatic rings. The van der Waals surface area contributed by atoms with Gasteiger partial charge in [-0.15, -0.1) is 0 Å². The molecular weight excluding hydrogens is 502 g/mol. The second-order valence-corrected chi connectivity index (χ2v) is 9.26. The molecule has 0 aromatic heterocycles. The van der Waals surface area contributed by atoms with Crippen molar-refractivity contribution in [2.45, 2.75) is 38.3 Å². The van der Waals surface area contributed by atoms with Crippen LogP contribution in [-0.2, 0) is 42.9 Å². The topological polar surface area (TPSA) is 130 Å². The Kier molecular flexibility index (Phi) is 12.1. The maximum Gasteiger partial charge on any atom is 1.00 e. The van der Waals surface area contributed by atoms with Crippen LogP contribution in [0.4, 0.5) is 39.5 Å². The minimum Gasteiger partial charge on any atom is -0.249 e. The van der Waals surface area contributed by atoms with Crippen molar-refractivity contribution in [3.63, 3.8) is 0 Å². The van der Waals surface area contributed by atoms with Crippen LogP contribution in [0.2, 0.25) is 0 Å². The standard InChI is InChI=1S/C7H6F9O9S3.Li/c8-1(9)4(14)23-26(17,18)7(27(19,20)24-5(15)2(10)11)28(21,22)25-6(16)3(12)13;/h1-6H;/q-1;+1. The van der Waals surface area contributed by atoms with Crippen LogP contribution in [0.5, 0.6) is 0 Å². The van der Waals surface area contributed by atoms with E-state index in [2.05, 4.69) is 12.5 Å². The summed E-state index contributed by atoms with van der Waals surface area (Å²) in [6.45, 7) is 0. The molecule has 0 fully saturated rings. The van der Waals surface area contributed by atoms with Gasteiger partial charge in [0, 0.05) is 0 Å². The molecule has 3 unspecified atom stereocenters. The summed E-state index contributed by atoms with van der Waals surface area (Å²) in [5, 5.41) is 0. The van der Waals surface area contributed by atoms with Gasteiger partial charge in [0.05, 0.1) is 0 Å². The van der Waals surface area contributed by atoms with Crippen LogP contribution in [0, 0.1) is 3.91 Å². The van der Waals surface area contributed by atoms with Gasteiger partial charge in [0.2, 0.25) is 0 Å². The maximum atomic E-state index is 12.7. The van der Waals surface area contributed by atoms with Crippen molar-refractivity contribution < 1.29 is 96.2 Å². The van der Waals surface area contributed by atoms with E-state index in [0.29, 0.717) is 0 Å². The Morgan fingerprint density at radius 3 is 0.793 bits per heavy atom. The summed E-state index contributed by atoms with van der Waals surface area (Å²) in [5.41, 5.74) is 0. The normalized spacial score (nSPS) is 16.9. The summed E-state index contributed by atoms with van der Waals surface area (Å²) >= 11 is 0. The number of halogens is 9. The summed E-state index contributed by atoms with van der Waals surface area (Å²) in [5.74, 6) is 0. The van der Waals surface area contributed by atoms with Crippen LogP contribution in [0.1, 0.15) is 0 Å². The fraction of sp³-hybridized carbons (Fsp3) is 0.857. The van der Waals surface area contributed by atoms with Crippen LogP contribution >= 0.6 is 0 Å². The minimum absolute atomic E-state index is 0. The van der Waals surface area contributed by atoms with Gasteiger partial charge in [0.15, 0.2) is 30.4 Å². The molecule has 0 aliphatic rings. The summed E-state index contributed by atoms with van der Waals surface area (Å²) in [6, 6.07) is 0. The minimum atomic E-state index is -6.91. The van der Waals surface area contributed by atoms with Crippen molar-refractivity contribution >= 4 is 30.4 Å². The molecular formula is C7H6F9LiO9S3. The van der Waals surface area contributed by atoms with E-state index >= 15 is 0 Å². The molecule has 0 saturated heterocycles. The van der Waals surface area contributed by atoms with Crippen LogP contribution in [-0.4, -0.2) is 63.6 Å². The summed E-state index contributed by atoms with van der Waals surface area (Å²) in [4.78, 5) is 0. The Morgan fingerprint density at radius 2 is 0.655 bits per heavy atom.